The Bertz CT molecular complexity index is 771. The first-order chi connectivity index (χ1) is 12.4. The van der Waals surface area contributed by atoms with E-state index >= 15 is 0 Å². The van der Waals surface area contributed by atoms with Crippen LogP contribution in [0.3, 0.4) is 0 Å². The fraction of sp³-hybridized carbons (Fsp3) is 0.333. The largest absolute Gasteiger partial charge is 0.461 e. The minimum absolute atomic E-state index is 0.185. The van der Waals surface area contributed by atoms with Crippen LogP contribution in [-0.4, -0.2) is 34.9 Å². The molecule has 4 nitrogen and oxygen atoms in total. The Morgan fingerprint density at radius 2 is 1.92 bits per heavy atom. The normalized spacial score (nSPS) is 17.6. The van der Waals surface area contributed by atoms with Crippen LogP contribution < -0.4 is 4.74 Å². The van der Waals surface area contributed by atoms with Crippen LogP contribution in [0.15, 0.2) is 48.7 Å². The molecule has 1 fully saturated rings. The van der Waals surface area contributed by atoms with E-state index in [1.165, 1.54) is 23.1 Å². The molecule has 3 rings (SSSR count). The van der Waals surface area contributed by atoms with Gasteiger partial charge in [-0.3, -0.25) is 9.78 Å². The van der Waals surface area contributed by atoms with E-state index in [1.807, 2.05) is 0 Å². The zero-order valence-electron chi connectivity index (χ0n) is 13.6. The van der Waals surface area contributed by atoms with Crippen LogP contribution in [0.2, 0.25) is 0 Å². The fourth-order valence-corrected chi connectivity index (χ4v) is 2.97. The maximum atomic E-state index is 13.3. The second-order valence-electron chi connectivity index (χ2n) is 5.87. The summed E-state index contributed by atoms with van der Waals surface area (Å²) in [5, 5.41) is 0. The Hall–Kier alpha value is -2.64. The van der Waals surface area contributed by atoms with E-state index in [-0.39, 0.29) is 11.6 Å². The lowest BCUT2D eigenvalue weighted by Crippen LogP contribution is -2.35. The third-order valence-corrected chi connectivity index (χ3v) is 4.16. The molecule has 1 amide bonds. The van der Waals surface area contributed by atoms with Crippen molar-refractivity contribution in [2.24, 2.45) is 0 Å². The number of likely N-dealkylation sites (tertiary alicyclic amines) is 1. The number of pyridine rings is 1. The van der Waals surface area contributed by atoms with Crippen LogP contribution in [0.1, 0.15) is 34.9 Å². The summed E-state index contributed by atoms with van der Waals surface area (Å²) in [4.78, 5) is 18.6. The molecule has 1 aromatic heterocycles. The number of para-hydroxylation sites is 1. The maximum absolute atomic E-state index is 13.3. The van der Waals surface area contributed by atoms with Gasteiger partial charge < -0.3 is 9.64 Å². The number of carbonyl (C=O) groups is 1. The standard InChI is InChI=1S/C18H16F4N2O2/c19-17(20)18(21,22)26-15-9-2-1-6-12(15)16(25)24-11-5-8-14(24)13-7-3-4-10-23-13/h1-4,6-7,9-10,14,17H,5,8,11H2/t14-/m1/s1. The third-order valence-electron chi connectivity index (χ3n) is 4.16. The topological polar surface area (TPSA) is 42.4 Å². The Kier molecular flexibility index (Phi) is 5.11. The van der Waals surface area contributed by atoms with Crippen molar-refractivity contribution in [3.05, 3.63) is 59.9 Å². The lowest BCUT2D eigenvalue weighted by atomic mass is 10.1. The van der Waals surface area contributed by atoms with Crippen molar-refractivity contribution in [1.29, 1.82) is 0 Å². The molecule has 0 bridgehead atoms. The summed E-state index contributed by atoms with van der Waals surface area (Å²) in [7, 11) is 0. The second-order valence-corrected chi connectivity index (χ2v) is 5.87. The summed E-state index contributed by atoms with van der Waals surface area (Å²) in [6.45, 7) is 0.416. The molecule has 2 heterocycles. The molecule has 1 saturated heterocycles. The van der Waals surface area contributed by atoms with Gasteiger partial charge >= 0.3 is 12.5 Å². The quantitative estimate of drug-likeness (QED) is 0.739. The molecule has 8 heteroatoms. The van der Waals surface area contributed by atoms with Crippen LogP contribution in [0.25, 0.3) is 0 Å². The molecule has 1 aliphatic heterocycles. The number of halogens is 4. The van der Waals surface area contributed by atoms with Gasteiger partial charge in [0.05, 0.1) is 17.3 Å². The predicted octanol–water partition coefficient (Wildman–Crippen LogP) is 4.30. The predicted molar refractivity (Wildman–Crippen MR) is 85.3 cm³/mol. The molecule has 0 aliphatic carbocycles. The van der Waals surface area contributed by atoms with E-state index in [0.717, 1.165) is 12.5 Å². The van der Waals surface area contributed by atoms with E-state index in [4.69, 9.17) is 0 Å². The van der Waals surface area contributed by atoms with Crippen LogP contribution in [0.4, 0.5) is 17.6 Å². The van der Waals surface area contributed by atoms with Crippen molar-refractivity contribution in [1.82, 2.24) is 9.88 Å². The van der Waals surface area contributed by atoms with Crippen molar-refractivity contribution < 1.29 is 27.1 Å². The van der Waals surface area contributed by atoms with Gasteiger partial charge in [-0.1, -0.05) is 18.2 Å². The van der Waals surface area contributed by atoms with Gasteiger partial charge in [0.1, 0.15) is 5.75 Å². The van der Waals surface area contributed by atoms with Gasteiger partial charge in [-0.25, -0.2) is 0 Å². The average Bonchev–Trinajstić information content (AvgIpc) is 3.11. The molecule has 2 aromatic rings. The van der Waals surface area contributed by atoms with Crippen molar-refractivity contribution in [2.75, 3.05) is 6.54 Å². The summed E-state index contributed by atoms with van der Waals surface area (Å²) in [6.07, 6.45) is -5.67. The highest BCUT2D eigenvalue weighted by Gasteiger charge is 2.45. The van der Waals surface area contributed by atoms with Gasteiger partial charge in [0.15, 0.2) is 0 Å². The number of nitrogens with zero attached hydrogens (tertiary/aromatic N) is 2. The number of rotatable bonds is 5. The SMILES string of the molecule is O=C(c1ccccc1OC(F)(F)C(F)F)N1CCC[C@@H]1c1ccccn1. The van der Waals surface area contributed by atoms with Gasteiger partial charge in [0, 0.05) is 12.7 Å². The Morgan fingerprint density at radius 3 is 2.62 bits per heavy atom. The monoisotopic (exact) mass is 368 g/mol. The number of amides is 1. The van der Waals surface area contributed by atoms with Gasteiger partial charge in [0.25, 0.3) is 5.91 Å². The van der Waals surface area contributed by atoms with Crippen molar-refractivity contribution >= 4 is 5.91 Å². The van der Waals surface area contributed by atoms with Crippen molar-refractivity contribution in [2.45, 2.75) is 31.4 Å². The molecule has 1 aromatic carbocycles. The van der Waals surface area contributed by atoms with Crippen LogP contribution in [-0.2, 0) is 0 Å². The number of hydrogen-bond donors (Lipinski definition) is 0. The van der Waals surface area contributed by atoms with E-state index in [9.17, 15) is 22.4 Å². The van der Waals surface area contributed by atoms with Crippen molar-refractivity contribution in [3.63, 3.8) is 0 Å². The first kappa shape index (κ1) is 18.2. The molecule has 0 unspecified atom stereocenters. The molecule has 0 spiro atoms. The van der Waals surface area contributed by atoms with Gasteiger partial charge in [-0.05, 0) is 37.1 Å². The molecule has 0 N–H and O–H groups in total. The first-order valence-corrected chi connectivity index (χ1v) is 8.06. The van der Waals surface area contributed by atoms with E-state index in [0.29, 0.717) is 18.7 Å². The summed E-state index contributed by atoms with van der Waals surface area (Å²) < 4.78 is 55.6. The summed E-state index contributed by atoms with van der Waals surface area (Å²) in [6, 6.07) is 10.2. The molecule has 0 saturated carbocycles. The molecular formula is C18H16F4N2O2. The second kappa shape index (κ2) is 7.31. The Labute approximate surface area is 147 Å². The summed E-state index contributed by atoms with van der Waals surface area (Å²) in [5.74, 6) is -1.13. The summed E-state index contributed by atoms with van der Waals surface area (Å²) in [5.41, 5.74) is 0.505. The Balaban J connectivity index is 1.88. The molecule has 1 aliphatic rings. The van der Waals surface area contributed by atoms with E-state index < -0.39 is 24.2 Å². The third kappa shape index (κ3) is 3.63. The summed E-state index contributed by atoms with van der Waals surface area (Å²) >= 11 is 0. The number of aromatic nitrogens is 1. The number of alkyl halides is 4. The lowest BCUT2D eigenvalue weighted by molar-refractivity contribution is -0.253. The first-order valence-electron chi connectivity index (χ1n) is 8.06. The highest BCUT2D eigenvalue weighted by molar-refractivity contribution is 5.97. The fourth-order valence-electron chi connectivity index (χ4n) is 2.97. The smallest absolute Gasteiger partial charge is 0.427 e. The molecule has 1 atom stereocenters. The van der Waals surface area contributed by atoms with Crippen molar-refractivity contribution in [3.8, 4) is 5.75 Å². The number of ether oxygens (including phenoxy) is 1. The molecule has 138 valence electrons. The average molecular weight is 368 g/mol. The highest BCUT2D eigenvalue weighted by Crippen LogP contribution is 2.35. The zero-order valence-corrected chi connectivity index (χ0v) is 13.6. The van der Waals surface area contributed by atoms with Gasteiger partial charge in [-0.2, -0.15) is 17.6 Å². The number of benzene rings is 1. The van der Waals surface area contributed by atoms with Gasteiger partial charge in [-0.15, -0.1) is 0 Å². The van der Waals surface area contributed by atoms with Gasteiger partial charge in [0.2, 0.25) is 0 Å². The minimum Gasteiger partial charge on any atom is -0.427 e. The lowest BCUT2D eigenvalue weighted by Gasteiger charge is -2.26. The molecule has 26 heavy (non-hydrogen) atoms. The van der Waals surface area contributed by atoms with E-state index in [1.54, 1.807) is 24.4 Å². The highest BCUT2D eigenvalue weighted by atomic mass is 19.3. The molecule has 0 radical (unpaired) electrons. The van der Waals surface area contributed by atoms with Crippen LogP contribution in [0.5, 0.6) is 5.75 Å². The van der Waals surface area contributed by atoms with Crippen LogP contribution in [0, 0.1) is 0 Å². The maximum Gasteiger partial charge on any atom is 0.461 e. The number of hydrogen-bond acceptors (Lipinski definition) is 3. The van der Waals surface area contributed by atoms with E-state index in [2.05, 4.69) is 9.72 Å². The molecular weight excluding hydrogens is 352 g/mol. The zero-order chi connectivity index (χ0) is 18.7. The number of carbonyl (C=O) groups excluding carboxylic acids is 1. The van der Waals surface area contributed by atoms with Crippen LogP contribution >= 0.6 is 0 Å². The Morgan fingerprint density at radius 1 is 1.19 bits per heavy atom. The minimum atomic E-state index is -4.68.